The zero-order valence-electron chi connectivity index (χ0n) is 16.3. The second kappa shape index (κ2) is 9.45. The average molecular weight is 438 g/mol. The van der Waals surface area contributed by atoms with Gasteiger partial charge in [-0.05, 0) is 48.0 Å². The van der Waals surface area contributed by atoms with Gasteiger partial charge in [-0.25, -0.2) is 14.2 Å². The minimum atomic E-state index is -0.629. The summed E-state index contributed by atoms with van der Waals surface area (Å²) < 4.78 is 30.2. The number of cyclic esters (lactones) is 1. The lowest BCUT2D eigenvalue weighted by Crippen LogP contribution is -2.09. The Kier molecular flexibility index (Phi) is 6.29. The predicted octanol–water partition coefficient (Wildman–Crippen LogP) is 5.28. The highest BCUT2D eigenvalue weighted by Crippen LogP contribution is 2.24. The van der Waals surface area contributed by atoms with E-state index in [0.717, 1.165) is 5.56 Å². The van der Waals surface area contributed by atoms with Crippen LogP contribution in [0.25, 0.3) is 6.08 Å². The maximum atomic E-state index is 13.9. The first-order valence-corrected chi connectivity index (χ1v) is 9.85. The highest BCUT2D eigenvalue weighted by atomic mass is 35.5. The summed E-state index contributed by atoms with van der Waals surface area (Å²) >= 11 is 6.04. The van der Waals surface area contributed by atoms with E-state index < -0.39 is 11.8 Å². The Morgan fingerprint density at radius 3 is 2.42 bits per heavy atom. The summed E-state index contributed by atoms with van der Waals surface area (Å²) in [6.45, 7) is 0.684. The number of para-hydroxylation sites is 1. The van der Waals surface area contributed by atoms with Crippen molar-refractivity contribution in [2.24, 2.45) is 4.99 Å². The van der Waals surface area contributed by atoms with Crippen LogP contribution in [0.15, 0.2) is 83.5 Å². The van der Waals surface area contributed by atoms with Crippen LogP contribution in [0.4, 0.5) is 4.39 Å². The van der Waals surface area contributed by atoms with E-state index in [9.17, 15) is 9.18 Å². The zero-order chi connectivity index (χ0) is 21.6. The predicted molar refractivity (Wildman–Crippen MR) is 116 cm³/mol. The lowest BCUT2D eigenvalue weighted by Gasteiger charge is -2.09. The number of nitrogens with zero attached hydrogens (tertiary/aromatic N) is 1. The van der Waals surface area contributed by atoms with Crippen molar-refractivity contribution in [3.8, 4) is 11.5 Å². The van der Waals surface area contributed by atoms with Crippen LogP contribution < -0.4 is 9.47 Å². The molecule has 0 aromatic heterocycles. The Balaban J connectivity index is 1.36. The zero-order valence-corrected chi connectivity index (χ0v) is 17.0. The van der Waals surface area contributed by atoms with Crippen LogP contribution >= 0.6 is 11.6 Å². The van der Waals surface area contributed by atoms with E-state index in [-0.39, 0.29) is 17.2 Å². The van der Waals surface area contributed by atoms with Crippen LogP contribution in [0.2, 0.25) is 5.02 Å². The Morgan fingerprint density at radius 2 is 1.65 bits per heavy atom. The summed E-state index contributed by atoms with van der Waals surface area (Å²) in [5, 5.41) is 0.547. The number of benzene rings is 3. The SMILES string of the molecule is O=C1OC(c2ccccc2F)=NC1=Cc1ccc(OCCOc2ccccc2Cl)cc1. The summed E-state index contributed by atoms with van der Waals surface area (Å²) in [5.74, 6) is 0.0707. The molecule has 1 aliphatic rings. The highest BCUT2D eigenvalue weighted by molar-refractivity contribution is 6.32. The summed E-state index contributed by atoms with van der Waals surface area (Å²) in [6, 6.07) is 20.3. The molecule has 31 heavy (non-hydrogen) atoms. The number of halogens is 2. The molecule has 0 fully saturated rings. The molecule has 0 aliphatic carbocycles. The molecule has 0 saturated carbocycles. The van der Waals surface area contributed by atoms with Crippen molar-refractivity contribution in [2.45, 2.75) is 0 Å². The minimum Gasteiger partial charge on any atom is -0.490 e. The first kappa shape index (κ1) is 20.6. The normalized spacial score (nSPS) is 14.3. The number of aliphatic imine (C=N–C) groups is 1. The van der Waals surface area contributed by atoms with Crippen LogP contribution in [-0.2, 0) is 9.53 Å². The van der Waals surface area contributed by atoms with E-state index in [1.807, 2.05) is 12.1 Å². The lowest BCUT2D eigenvalue weighted by atomic mass is 10.2. The summed E-state index contributed by atoms with van der Waals surface area (Å²) in [5.41, 5.74) is 0.965. The second-order valence-electron chi connectivity index (χ2n) is 6.51. The Labute approximate surface area is 183 Å². The molecule has 1 heterocycles. The number of esters is 1. The topological polar surface area (TPSA) is 57.1 Å². The molecule has 0 unspecified atom stereocenters. The molecule has 7 heteroatoms. The fourth-order valence-electron chi connectivity index (χ4n) is 2.85. The van der Waals surface area contributed by atoms with Crippen molar-refractivity contribution in [3.63, 3.8) is 0 Å². The van der Waals surface area contributed by atoms with Gasteiger partial charge in [0.15, 0.2) is 5.70 Å². The summed E-state index contributed by atoms with van der Waals surface area (Å²) in [7, 11) is 0. The van der Waals surface area contributed by atoms with Gasteiger partial charge in [-0.3, -0.25) is 0 Å². The van der Waals surface area contributed by atoms with Gasteiger partial charge < -0.3 is 14.2 Å². The van der Waals surface area contributed by atoms with Crippen molar-refractivity contribution in [1.29, 1.82) is 0 Å². The van der Waals surface area contributed by atoms with E-state index in [2.05, 4.69) is 4.99 Å². The Hall–Kier alpha value is -3.64. The highest BCUT2D eigenvalue weighted by Gasteiger charge is 2.25. The molecule has 4 rings (SSSR count). The number of ether oxygens (including phenoxy) is 3. The van der Waals surface area contributed by atoms with Gasteiger partial charge in [0.1, 0.15) is 30.5 Å². The van der Waals surface area contributed by atoms with Gasteiger partial charge in [-0.1, -0.05) is 48.0 Å². The minimum absolute atomic E-state index is 0.0483. The molecular formula is C24H17ClFNO4. The molecule has 156 valence electrons. The summed E-state index contributed by atoms with van der Waals surface area (Å²) in [6.07, 6.45) is 1.57. The van der Waals surface area contributed by atoms with Gasteiger partial charge >= 0.3 is 5.97 Å². The largest absolute Gasteiger partial charge is 0.490 e. The first-order valence-electron chi connectivity index (χ1n) is 9.48. The van der Waals surface area contributed by atoms with Gasteiger partial charge in [0.05, 0.1) is 10.6 Å². The van der Waals surface area contributed by atoms with E-state index >= 15 is 0 Å². The molecule has 0 N–H and O–H groups in total. The summed E-state index contributed by atoms with van der Waals surface area (Å²) in [4.78, 5) is 16.2. The van der Waals surface area contributed by atoms with Gasteiger partial charge in [0.2, 0.25) is 5.90 Å². The number of carbonyl (C=O) groups excluding carboxylic acids is 1. The Bertz CT molecular complexity index is 1160. The number of carbonyl (C=O) groups is 1. The number of hydrogen-bond acceptors (Lipinski definition) is 5. The lowest BCUT2D eigenvalue weighted by molar-refractivity contribution is -0.129. The fraction of sp³-hybridized carbons (Fsp3) is 0.0833. The van der Waals surface area contributed by atoms with E-state index in [1.165, 1.54) is 12.1 Å². The van der Waals surface area contributed by atoms with Crippen molar-refractivity contribution in [2.75, 3.05) is 13.2 Å². The molecule has 1 aliphatic heterocycles. The third-order valence-electron chi connectivity index (χ3n) is 4.35. The molecular weight excluding hydrogens is 421 g/mol. The van der Waals surface area contributed by atoms with E-state index in [1.54, 1.807) is 54.6 Å². The number of hydrogen-bond donors (Lipinski definition) is 0. The van der Waals surface area contributed by atoms with Gasteiger partial charge in [-0.2, -0.15) is 0 Å². The second-order valence-corrected chi connectivity index (χ2v) is 6.92. The molecule has 3 aromatic rings. The molecule has 0 bridgehead atoms. The molecule has 0 spiro atoms. The molecule has 5 nitrogen and oxygen atoms in total. The van der Waals surface area contributed by atoms with Crippen molar-refractivity contribution >= 4 is 29.5 Å². The van der Waals surface area contributed by atoms with Gasteiger partial charge in [-0.15, -0.1) is 0 Å². The van der Waals surface area contributed by atoms with Crippen LogP contribution in [-0.4, -0.2) is 25.1 Å². The van der Waals surface area contributed by atoms with Crippen molar-refractivity contribution < 1.29 is 23.4 Å². The third kappa shape index (κ3) is 5.10. The fourth-order valence-corrected chi connectivity index (χ4v) is 3.04. The van der Waals surface area contributed by atoms with Gasteiger partial charge in [0.25, 0.3) is 0 Å². The third-order valence-corrected chi connectivity index (χ3v) is 4.67. The van der Waals surface area contributed by atoms with Crippen molar-refractivity contribution in [3.05, 3.63) is 100 Å². The van der Waals surface area contributed by atoms with Crippen molar-refractivity contribution in [1.82, 2.24) is 0 Å². The van der Waals surface area contributed by atoms with Gasteiger partial charge in [0, 0.05) is 0 Å². The van der Waals surface area contributed by atoms with Crippen LogP contribution in [0.5, 0.6) is 11.5 Å². The van der Waals surface area contributed by atoms with Crippen LogP contribution in [0.1, 0.15) is 11.1 Å². The quantitative estimate of drug-likeness (QED) is 0.286. The van der Waals surface area contributed by atoms with Crippen LogP contribution in [0.3, 0.4) is 0 Å². The molecule has 0 saturated heterocycles. The standard InChI is InChI=1S/C24H17ClFNO4/c25-19-6-2-4-8-22(19)30-14-13-29-17-11-9-16(10-12-17)15-21-24(28)31-23(27-21)18-5-1-3-7-20(18)26/h1-12,15H,13-14H2. The molecule has 0 atom stereocenters. The Morgan fingerprint density at radius 1 is 0.935 bits per heavy atom. The molecule has 3 aromatic carbocycles. The first-order chi connectivity index (χ1) is 15.1. The average Bonchev–Trinajstić information content (AvgIpc) is 3.14. The maximum Gasteiger partial charge on any atom is 0.363 e. The smallest absolute Gasteiger partial charge is 0.363 e. The van der Waals surface area contributed by atoms with E-state index in [0.29, 0.717) is 29.7 Å². The maximum absolute atomic E-state index is 13.9. The number of rotatable bonds is 7. The molecule has 0 amide bonds. The van der Waals surface area contributed by atoms with Crippen LogP contribution in [0, 0.1) is 5.82 Å². The molecule has 0 radical (unpaired) electrons. The monoisotopic (exact) mass is 437 g/mol. The van der Waals surface area contributed by atoms with E-state index in [4.69, 9.17) is 25.8 Å².